The lowest BCUT2D eigenvalue weighted by molar-refractivity contribution is -0.135. The maximum Gasteiger partial charge on any atom is 0.324 e. The lowest BCUT2D eigenvalue weighted by Gasteiger charge is -2.23. The first kappa shape index (κ1) is 18.4. The van der Waals surface area contributed by atoms with Crippen molar-refractivity contribution in [2.45, 2.75) is 4.90 Å². The van der Waals surface area contributed by atoms with Crippen LogP contribution in [0.1, 0.15) is 0 Å². The summed E-state index contributed by atoms with van der Waals surface area (Å²) in [5, 5.41) is 8.78. The summed E-state index contributed by atoms with van der Waals surface area (Å²) in [4.78, 5) is 10.8. The summed E-state index contributed by atoms with van der Waals surface area (Å²) >= 11 is 12.1. The molecule has 1 N–H and O–H groups in total. The Kier molecular flexibility index (Phi) is 5.58. The number of aliphatic carboxylic acids is 1. The first-order valence-corrected chi connectivity index (χ1v) is 8.80. The molecule has 0 aromatic heterocycles. The van der Waals surface area contributed by atoms with Crippen molar-refractivity contribution in [3.63, 3.8) is 0 Å². The molecule has 9 heteroatoms. The number of ether oxygens (including phenoxy) is 1. The van der Waals surface area contributed by atoms with Crippen LogP contribution in [0, 0.1) is 0 Å². The Labute approximate surface area is 149 Å². The number of carboxylic acid groups (broad SMARTS) is 1. The molecule has 24 heavy (non-hydrogen) atoms. The molecule has 0 aliphatic heterocycles. The van der Waals surface area contributed by atoms with Crippen molar-refractivity contribution >= 4 is 44.9 Å². The first-order chi connectivity index (χ1) is 11.3. The van der Waals surface area contributed by atoms with Gasteiger partial charge in [0.25, 0.3) is 10.0 Å². The molecule has 0 atom stereocenters. The average Bonchev–Trinajstić information content (AvgIpc) is 2.55. The number of rotatable bonds is 6. The van der Waals surface area contributed by atoms with Gasteiger partial charge in [0, 0.05) is 0 Å². The van der Waals surface area contributed by atoms with Gasteiger partial charge in [-0.2, -0.15) is 0 Å². The van der Waals surface area contributed by atoms with Gasteiger partial charge in [-0.05, 0) is 24.3 Å². The SMILES string of the molecule is COc1ccc(S(=O)(=O)N(CC(=O)O)c2ccccc2)c(Cl)c1Cl. The van der Waals surface area contributed by atoms with Gasteiger partial charge in [-0.1, -0.05) is 41.4 Å². The molecule has 0 fully saturated rings. The van der Waals surface area contributed by atoms with Gasteiger partial charge in [0.05, 0.1) is 17.8 Å². The molecule has 0 radical (unpaired) electrons. The van der Waals surface area contributed by atoms with Crippen LogP contribution in [0.15, 0.2) is 47.4 Å². The Morgan fingerprint density at radius 2 is 1.75 bits per heavy atom. The summed E-state index contributed by atoms with van der Waals surface area (Å²) in [7, 11) is -2.88. The number of anilines is 1. The van der Waals surface area contributed by atoms with Gasteiger partial charge in [-0.15, -0.1) is 0 Å². The van der Waals surface area contributed by atoms with Gasteiger partial charge in [0.1, 0.15) is 22.2 Å². The molecule has 2 rings (SSSR count). The predicted octanol–water partition coefficient (Wildman–Crippen LogP) is 3.28. The molecule has 0 saturated carbocycles. The third-order valence-electron chi connectivity index (χ3n) is 3.12. The molecule has 6 nitrogen and oxygen atoms in total. The number of benzene rings is 2. The summed E-state index contributed by atoms with van der Waals surface area (Å²) < 4.78 is 31.6. The zero-order valence-electron chi connectivity index (χ0n) is 12.4. The summed E-state index contributed by atoms with van der Waals surface area (Å²) in [6.07, 6.45) is 0. The van der Waals surface area contributed by atoms with E-state index in [1.165, 1.54) is 31.4 Å². The van der Waals surface area contributed by atoms with Crippen molar-refractivity contribution in [2.75, 3.05) is 18.0 Å². The van der Waals surface area contributed by atoms with Crippen LogP contribution in [0.4, 0.5) is 5.69 Å². The fourth-order valence-electron chi connectivity index (χ4n) is 2.02. The van der Waals surface area contributed by atoms with E-state index in [9.17, 15) is 13.2 Å². The highest BCUT2D eigenvalue weighted by Crippen LogP contribution is 2.38. The molecule has 0 saturated heterocycles. The normalized spacial score (nSPS) is 11.1. The van der Waals surface area contributed by atoms with Crippen molar-refractivity contribution in [1.82, 2.24) is 0 Å². The maximum absolute atomic E-state index is 12.9. The number of hydrogen-bond acceptors (Lipinski definition) is 4. The van der Waals surface area contributed by atoms with Gasteiger partial charge in [-0.25, -0.2) is 8.42 Å². The van der Waals surface area contributed by atoms with Crippen LogP contribution < -0.4 is 9.04 Å². The monoisotopic (exact) mass is 389 g/mol. The topological polar surface area (TPSA) is 83.9 Å². The summed E-state index contributed by atoms with van der Waals surface area (Å²) in [6.45, 7) is -0.758. The summed E-state index contributed by atoms with van der Waals surface area (Å²) in [5.74, 6) is -1.09. The Morgan fingerprint density at radius 3 is 2.29 bits per heavy atom. The van der Waals surface area contributed by atoms with E-state index in [0.29, 0.717) is 0 Å². The van der Waals surface area contributed by atoms with Crippen LogP contribution in [0.2, 0.25) is 10.0 Å². The highest BCUT2D eigenvalue weighted by Gasteiger charge is 2.30. The second-order valence-electron chi connectivity index (χ2n) is 4.63. The van der Waals surface area contributed by atoms with Gasteiger partial charge < -0.3 is 9.84 Å². The molecule has 0 heterocycles. The second-order valence-corrected chi connectivity index (χ2v) is 7.22. The van der Waals surface area contributed by atoms with Crippen molar-refractivity contribution in [2.24, 2.45) is 0 Å². The molecular weight excluding hydrogens is 377 g/mol. The molecule has 2 aromatic carbocycles. The van der Waals surface area contributed by atoms with E-state index in [0.717, 1.165) is 4.31 Å². The number of methoxy groups -OCH3 is 1. The largest absolute Gasteiger partial charge is 0.495 e. The summed E-state index contributed by atoms with van der Waals surface area (Å²) in [5.41, 5.74) is 0.197. The number of carboxylic acids is 1. The third kappa shape index (κ3) is 3.58. The quantitative estimate of drug-likeness (QED) is 0.819. The Balaban J connectivity index is 2.61. The highest BCUT2D eigenvalue weighted by molar-refractivity contribution is 7.93. The minimum Gasteiger partial charge on any atom is -0.495 e. The van der Waals surface area contributed by atoms with E-state index in [1.807, 2.05) is 0 Å². The Hall–Kier alpha value is -1.96. The average molecular weight is 390 g/mol. The highest BCUT2D eigenvalue weighted by atomic mass is 35.5. The van der Waals surface area contributed by atoms with Gasteiger partial charge >= 0.3 is 5.97 Å². The minimum atomic E-state index is -4.25. The molecule has 0 amide bonds. The first-order valence-electron chi connectivity index (χ1n) is 6.60. The molecule has 0 aliphatic rings. The standard InChI is InChI=1S/C15H13Cl2NO5S/c1-23-11-7-8-12(15(17)14(11)16)24(21,22)18(9-13(19)20)10-5-3-2-4-6-10/h2-8H,9H2,1H3,(H,19,20). The van der Waals surface area contributed by atoms with Gasteiger partial charge in [-0.3, -0.25) is 9.10 Å². The van der Waals surface area contributed by atoms with Crippen LogP contribution >= 0.6 is 23.2 Å². The van der Waals surface area contributed by atoms with Crippen molar-refractivity contribution in [3.05, 3.63) is 52.5 Å². The smallest absolute Gasteiger partial charge is 0.324 e. The maximum atomic E-state index is 12.9. The molecule has 0 aliphatic carbocycles. The number of para-hydroxylation sites is 1. The molecule has 0 unspecified atom stereocenters. The fourth-order valence-corrected chi connectivity index (χ4v) is 4.25. The number of hydrogen-bond donors (Lipinski definition) is 1. The van der Waals surface area contributed by atoms with Crippen LogP contribution in [0.25, 0.3) is 0 Å². The molecule has 2 aromatic rings. The lowest BCUT2D eigenvalue weighted by Crippen LogP contribution is -2.35. The second kappa shape index (κ2) is 7.29. The van der Waals surface area contributed by atoms with E-state index < -0.39 is 22.5 Å². The zero-order valence-corrected chi connectivity index (χ0v) is 14.8. The van der Waals surface area contributed by atoms with Crippen LogP contribution in [0.3, 0.4) is 0 Å². The number of sulfonamides is 1. The molecule has 0 spiro atoms. The fraction of sp³-hybridized carbons (Fsp3) is 0.133. The molecule has 128 valence electrons. The summed E-state index contributed by atoms with van der Waals surface area (Å²) in [6, 6.07) is 10.4. The van der Waals surface area contributed by atoms with Crippen LogP contribution in [0.5, 0.6) is 5.75 Å². The molecule has 0 bridgehead atoms. The van der Waals surface area contributed by atoms with Crippen LogP contribution in [-0.4, -0.2) is 33.1 Å². The molecular formula is C15H13Cl2NO5S. The number of nitrogens with zero attached hydrogens (tertiary/aromatic N) is 1. The van der Waals surface area contributed by atoms with Gasteiger partial charge in [0.15, 0.2) is 0 Å². The zero-order chi connectivity index (χ0) is 17.9. The van der Waals surface area contributed by atoms with Crippen molar-refractivity contribution in [1.29, 1.82) is 0 Å². The van der Waals surface area contributed by atoms with E-state index in [-0.39, 0.29) is 26.4 Å². The predicted molar refractivity (Wildman–Crippen MR) is 91.6 cm³/mol. The Morgan fingerprint density at radius 1 is 1.12 bits per heavy atom. The number of carbonyl (C=O) groups is 1. The number of halogens is 2. The van der Waals surface area contributed by atoms with Crippen molar-refractivity contribution < 1.29 is 23.1 Å². The van der Waals surface area contributed by atoms with E-state index in [4.69, 9.17) is 33.0 Å². The van der Waals surface area contributed by atoms with E-state index in [2.05, 4.69) is 0 Å². The third-order valence-corrected chi connectivity index (χ3v) is 5.92. The lowest BCUT2D eigenvalue weighted by atomic mass is 10.3. The minimum absolute atomic E-state index is 0.0661. The van der Waals surface area contributed by atoms with Crippen LogP contribution in [-0.2, 0) is 14.8 Å². The van der Waals surface area contributed by atoms with Gasteiger partial charge in [0.2, 0.25) is 0 Å². The van der Waals surface area contributed by atoms with Crippen molar-refractivity contribution in [3.8, 4) is 5.75 Å². The van der Waals surface area contributed by atoms with E-state index in [1.54, 1.807) is 18.2 Å². The Bertz CT molecular complexity index is 856. The van der Waals surface area contributed by atoms with E-state index >= 15 is 0 Å².